The van der Waals surface area contributed by atoms with Gasteiger partial charge in [-0.05, 0) is 23.8 Å². The Balaban J connectivity index is 2.23. The van der Waals surface area contributed by atoms with Gasteiger partial charge in [-0.1, -0.05) is 27.5 Å². The lowest BCUT2D eigenvalue weighted by Gasteiger charge is -2.07. The second-order valence-electron chi connectivity index (χ2n) is 3.25. The fourth-order valence-corrected chi connectivity index (χ4v) is 1.79. The number of hydrogen-bond acceptors (Lipinski definition) is 3. The molecule has 0 saturated heterocycles. The molecule has 0 spiro atoms. The summed E-state index contributed by atoms with van der Waals surface area (Å²) >= 11 is 9.36. The first-order valence-electron chi connectivity index (χ1n) is 5.07. The molecule has 90 valence electrons. The second-order valence-corrected chi connectivity index (χ2v) is 4.54. The third kappa shape index (κ3) is 5.27. The Labute approximate surface area is 109 Å². The molecule has 0 aromatic heterocycles. The number of nitrogens with one attached hydrogen (secondary N) is 1. The van der Waals surface area contributed by atoms with E-state index in [-0.39, 0.29) is 6.61 Å². The van der Waals surface area contributed by atoms with Crippen LogP contribution in [0.1, 0.15) is 5.56 Å². The lowest BCUT2D eigenvalue weighted by atomic mass is 10.2. The molecule has 0 radical (unpaired) electrons. The zero-order chi connectivity index (χ0) is 11.8. The SMILES string of the molecule is OCCOCCNCc1cc(Cl)ccc1Br. The van der Waals surface area contributed by atoms with Crippen LogP contribution in [0, 0.1) is 0 Å². The molecule has 0 aliphatic heterocycles. The van der Waals surface area contributed by atoms with Crippen LogP contribution in [0.25, 0.3) is 0 Å². The number of aliphatic hydroxyl groups excluding tert-OH is 1. The average Bonchev–Trinajstić information content (AvgIpc) is 2.28. The van der Waals surface area contributed by atoms with Crippen molar-refractivity contribution in [2.24, 2.45) is 0 Å². The molecule has 3 nitrogen and oxygen atoms in total. The van der Waals surface area contributed by atoms with Crippen LogP contribution >= 0.6 is 27.5 Å². The Hall–Kier alpha value is -0.130. The van der Waals surface area contributed by atoms with Gasteiger partial charge < -0.3 is 15.2 Å². The van der Waals surface area contributed by atoms with E-state index in [4.69, 9.17) is 21.4 Å². The van der Waals surface area contributed by atoms with Crippen molar-refractivity contribution in [1.29, 1.82) is 0 Å². The summed E-state index contributed by atoms with van der Waals surface area (Å²) < 4.78 is 6.17. The molecule has 5 heteroatoms. The van der Waals surface area contributed by atoms with Crippen LogP contribution in [0.15, 0.2) is 22.7 Å². The molecule has 0 bridgehead atoms. The molecular weight excluding hydrogens is 293 g/mol. The van der Waals surface area contributed by atoms with Crippen molar-refractivity contribution < 1.29 is 9.84 Å². The van der Waals surface area contributed by atoms with E-state index < -0.39 is 0 Å². The van der Waals surface area contributed by atoms with E-state index in [9.17, 15) is 0 Å². The van der Waals surface area contributed by atoms with Gasteiger partial charge >= 0.3 is 0 Å². The van der Waals surface area contributed by atoms with Crippen molar-refractivity contribution in [3.8, 4) is 0 Å². The summed E-state index contributed by atoms with van der Waals surface area (Å²) in [5.41, 5.74) is 1.12. The zero-order valence-corrected chi connectivity index (χ0v) is 11.2. The molecule has 0 unspecified atom stereocenters. The lowest BCUT2D eigenvalue weighted by Crippen LogP contribution is -2.20. The van der Waals surface area contributed by atoms with Crippen molar-refractivity contribution in [3.05, 3.63) is 33.3 Å². The summed E-state index contributed by atoms with van der Waals surface area (Å²) in [7, 11) is 0. The minimum atomic E-state index is 0.0693. The van der Waals surface area contributed by atoms with Gasteiger partial charge in [0, 0.05) is 22.6 Å². The van der Waals surface area contributed by atoms with Gasteiger partial charge in [-0.15, -0.1) is 0 Å². The molecule has 16 heavy (non-hydrogen) atoms. The summed E-state index contributed by atoms with van der Waals surface area (Å²) in [4.78, 5) is 0. The fraction of sp³-hybridized carbons (Fsp3) is 0.455. The van der Waals surface area contributed by atoms with Crippen LogP contribution in [-0.4, -0.2) is 31.5 Å². The Kier molecular flexibility index (Phi) is 7.00. The van der Waals surface area contributed by atoms with Crippen molar-refractivity contribution in [3.63, 3.8) is 0 Å². The van der Waals surface area contributed by atoms with Gasteiger partial charge in [0.15, 0.2) is 0 Å². The Morgan fingerprint density at radius 2 is 2.19 bits per heavy atom. The van der Waals surface area contributed by atoms with Crippen LogP contribution in [0.3, 0.4) is 0 Å². The molecule has 1 rings (SSSR count). The van der Waals surface area contributed by atoms with Crippen LogP contribution in [-0.2, 0) is 11.3 Å². The first-order valence-corrected chi connectivity index (χ1v) is 6.24. The molecule has 1 aromatic carbocycles. The largest absolute Gasteiger partial charge is 0.394 e. The van der Waals surface area contributed by atoms with E-state index in [0.29, 0.717) is 13.2 Å². The zero-order valence-electron chi connectivity index (χ0n) is 8.88. The molecule has 0 fully saturated rings. The average molecular weight is 309 g/mol. The molecule has 1 aromatic rings. The fourth-order valence-electron chi connectivity index (χ4n) is 1.21. The van der Waals surface area contributed by atoms with Crippen molar-refractivity contribution in [2.45, 2.75) is 6.54 Å². The maximum atomic E-state index is 8.50. The minimum Gasteiger partial charge on any atom is -0.394 e. The van der Waals surface area contributed by atoms with Gasteiger partial charge in [-0.3, -0.25) is 0 Å². The van der Waals surface area contributed by atoms with Crippen LogP contribution in [0.5, 0.6) is 0 Å². The van der Waals surface area contributed by atoms with Gasteiger partial charge in [-0.25, -0.2) is 0 Å². The predicted molar refractivity (Wildman–Crippen MR) is 68.8 cm³/mol. The molecule has 0 saturated carbocycles. The van der Waals surface area contributed by atoms with E-state index >= 15 is 0 Å². The molecule has 0 heterocycles. The molecule has 0 aliphatic rings. The summed E-state index contributed by atoms with van der Waals surface area (Å²) in [6.45, 7) is 2.55. The van der Waals surface area contributed by atoms with Gasteiger partial charge in [0.1, 0.15) is 0 Å². The number of halogens is 2. The normalized spacial score (nSPS) is 10.7. The summed E-state index contributed by atoms with van der Waals surface area (Å²) in [6.07, 6.45) is 0. The molecule has 0 amide bonds. The third-order valence-corrected chi connectivity index (χ3v) is 2.99. The number of aliphatic hydroxyl groups is 1. The highest BCUT2D eigenvalue weighted by Crippen LogP contribution is 2.20. The van der Waals surface area contributed by atoms with Crippen LogP contribution in [0.4, 0.5) is 0 Å². The van der Waals surface area contributed by atoms with Crippen LogP contribution < -0.4 is 5.32 Å². The van der Waals surface area contributed by atoms with Gasteiger partial charge in [0.25, 0.3) is 0 Å². The van der Waals surface area contributed by atoms with Crippen LogP contribution in [0.2, 0.25) is 5.02 Å². The first kappa shape index (κ1) is 13.9. The Morgan fingerprint density at radius 3 is 2.94 bits per heavy atom. The molecule has 0 atom stereocenters. The molecular formula is C11H15BrClNO2. The maximum Gasteiger partial charge on any atom is 0.0698 e. The topological polar surface area (TPSA) is 41.5 Å². The standard InChI is InChI=1S/C11H15BrClNO2/c12-11-2-1-10(13)7-9(11)8-14-3-5-16-6-4-15/h1-2,7,14-15H,3-6,8H2. The van der Waals surface area contributed by atoms with Crippen molar-refractivity contribution >= 4 is 27.5 Å². The summed E-state index contributed by atoms with van der Waals surface area (Å²) in [5.74, 6) is 0. The highest BCUT2D eigenvalue weighted by molar-refractivity contribution is 9.10. The number of ether oxygens (including phenoxy) is 1. The van der Waals surface area contributed by atoms with E-state index in [0.717, 1.165) is 28.1 Å². The molecule has 2 N–H and O–H groups in total. The monoisotopic (exact) mass is 307 g/mol. The quantitative estimate of drug-likeness (QED) is 0.759. The van der Waals surface area contributed by atoms with E-state index in [1.165, 1.54) is 0 Å². The summed E-state index contributed by atoms with van der Waals surface area (Å²) in [5, 5.41) is 12.5. The van der Waals surface area contributed by atoms with E-state index in [1.807, 2.05) is 18.2 Å². The predicted octanol–water partition coefficient (Wildman–Crippen LogP) is 2.20. The van der Waals surface area contributed by atoms with Gasteiger partial charge in [0.05, 0.1) is 19.8 Å². The smallest absolute Gasteiger partial charge is 0.0698 e. The number of hydrogen-bond donors (Lipinski definition) is 2. The highest BCUT2D eigenvalue weighted by atomic mass is 79.9. The van der Waals surface area contributed by atoms with Gasteiger partial charge in [0.2, 0.25) is 0 Å². The van der Waals surface area contributed by atoms with E-state index in [2.05, 4.69) is 21.2 Å². The highest BCUT2D eigenvalue weighted by Gasteiger charge is 2.00. The van der Waals surface area contributed by atoms with Gasteiger partial charge in [-0.2, -0.15) is 0 Å². The van der Waals surface area contributed by atoms with Crippen molar-refractivity contribution in [2.75, 3.05) is 26.4 Å². The molecule has 0 aliphatic carbocycles. The van der Waals surface area contributed by atoms with Crippen molar-refractivity contribution in [1.82, 2.24) is 5.32 Å². The number of benzene rings is 1. The Morgan fingerprint density at radius 1 is 1.38 bits per heavy atom. The lowest BCUT2D eigenvalue weighted by molar-refractivity contribution is 0.0938. The second kappa shape index (κ2) is 8.03. The maximum absolute atomic E-state index is 8.50. The first-order chi connectivity index (χ1) is 7.74. The van der Waals surface area contributed by atoms with E-state index in [1.54, 1.807) is 0 Å². The summed E-state index contributed by atoms with van der Waals surface area (Å²) in [6, 6.07) is 5.70. The Bertz CT molecular complexity index is 323. The number of rotatable bonds is 7. The third-order valence-electron chi connectivity index (χ3n) is 1.98. The minimum absolute atomic E-state index is 0.0693.